The first-order chi connectivity index (χ1) is 8.56. The smallest absolute Gasteiger partial charge is 0.254 e. The molecule has 1 heterocycles. The monoisotopic (exact) mass is 311 g/mol. The summed E-state index contributed by atoms with van der Waals surface area (Å²) in [5.41, 5.74) is 6.79. The summed E-state index contributed by atoms with van der Waals surface area (Å²) in [5.74, 6) is -0.112. The second-order valence-electron chi connectivity index (χ2n) is 4.17. The van der Waals surface area contributed by atoms with Gasteiger partial charge in [0.1, 0.15) is 0 Å². The minimum absolute atomic E-state index is 0.0148. The largest absolute Gasteiger partial charge is 0.399 e. The summed E-state index contributed by atoms with van der Waals surface area (Å²) in [7, 11) is 0. The van der Waals surface area contributed by atoms with Crippen molar-refractivity contribution in [3.05, 3.63) is 28.2 Å². The van der Waals surface area contributed by atoms with Crippen molar-refractivity contribution in [3.8, 4) is 0 Å². The molecule has 5 nitrogen and oxygen atoms in total. The van der Waals surface area contributed by atoms with Crippen LogP contribution in [0, 0.1) is 0 Å². The summed E-state index contributed by atoms with van der Waals surface area (Å²) in [6.07, 6.45) is 0.342. The van der Waals surface area contributed by atoms with Crippen molar-refractivity contribution in [3.63, 3.8) is 0 Å². The molecule has 3 N–H and O–H groups in total. The zero-order valence-electron chi connectivity index (χ0n) is 9.78. The molecule has 6 heteroatoms. The van der Waals surface area contributed by atoms with Crippen molar-refractivity contribution in [2.75, 3.05) is 25.4 Å². The molecule has 1 aliphatic rings. The Kier molecular flexibility index (Phi) is 3.86. The number of nitrogens with zero attached hydrogens (tertiary/aromatic N) is 1. The molecule has 1 aromatic rings. The van der Waals surface area contributed by atoms with Crippen LogP contribution in [-0.2, 0) is 4.79 Å². The fraction of sp³-hybridized carbons (Fsp3) is 0.333. The Labute approximate surface area is 113 Å². The number of nitrogens with two attached hydrogens (primary N) is 1. The average Bonchev–Trinajstić information content (AvgIpc) is 2.52. The van der Waals surface area contributed by atoms with Crippen molar-refractivity contribution < 1.29 is 9.59 Å². The Hall–Kier alpha value is -1.56. The molecule has 0 saturated carbocycles. The molecule has 0 radical (unpaired) electrons. The Morgan fingerprint density at radius 2 is 2.11 bits per heavy atom. The van der Waals surface area contributed by atoms with Crippen LogP contribution in [0.25, 0.3) is 0 Å². The van der Waals surface area contributed by atoms with E-state index in [-0.39, 0.29) is 11.8 Å². The van der Waals surface area contributed by atoms with Crippen molar-refractivity contribution >= 4 is 33.4 Å². The molecule has 0 bridgehead atoms. The summed E-state index contributed by atoms with van der Waals surface area (Å²) in [6.45, 7) is 1.46. The van der Waals surface area contributed by atoms with Gasteiger partial charge in [-0.3, -0.25) is 9.59 Å². The van der Waals surface area contributed by atoms with E-state index < -0.39 is 0 Å². The van der Waals surface area contributed by atoms with E-state index >= 15 is 0 Å². The summed E-state index contributed by atoms with van der Waals surface area (Å²) >= 11 is 3.31. The van der Waals surface area contributed by atoms with Gasteiger partial charge in [-0.1, -0.05) is 15.9 Å². The molecule has 0 unspecified atom stereocenters. The van der Waals surface area contributed by atoms with Crippen molar-refractivity contribution in [1.82, 2.24) is 10.2 Å². The van der Waals surface area contributed by atoms with Crippen LogP contribution in [-0.4, -0.2) is 36.3 Å². The van der Waals surface area contributed by atoms with Crippen molar-refractivity contribution in [2.45, 2.75) is 6.42 Å². The van der Waals surface area contributed by atoms with E-state index in [4.69, 9.17) is 5.73 Å². The van der Waals surface area contributed by atoms with E-state index in [1.807, 2.05) is 0 Å². The van der Waals surface area contributed by atoms with Crippen molar-refractivity contribution in [1.29, 1.82) is 0 Å². The number of hydrogen-bond donors (Lipinski definition) is 2. The van der Waals surface area contributed by atoms with E-state index in [1.165, 1.54) is 0 Å². The SMILES string of the molecule is Nc1cc(Br)cc(C(=O)N2CCNC(=O)CC2)c1. The molecule has 0 aromatic heterocycles. The lowest BCUT2D eigenvalue weighted by molar-refractivity contribution is -0.120. The minimum atomic E-state index is -0.0977. The Balaban J connectivity index is 2.17. The van der Waals surface area contributed by atoms with Gasteiger partial charge in [0.25, 0.3) is 5.91 Å². The van der Waals surface area contributed by atoms with Gasteiger partial charge < -0.3 is 16.0 Å². The average molecular weight is 312 g/mol. The van der Waals surface area contributed by atoms with Crippen LogP contribution in [0.2, 0.25) is 0 Å². The molecule has 18 heavy (non-hydrogen) atoms. The zero-order chi connectivity index (χ0) is 13.1. The number of nitrogen functional groups attached to an aromatic ring is 1. The third kappa shape index (κ3) is 3.01. The number of carbonyl (C=O) groups is 2. The lowest BCUT2D eigenvalue weighted by Crippen LogP contribution is -2.34. The van der Waals surface area contributed by atoms with Gasteiger partial charge >= 0.3 is 0 Å². The summed E-state index contributed by atoms with van der Waals surface area (Å²) < 4.78 is 0.773. The molecule has 2 amide bonds. The third-order valence-electron chi connectivity index (χ3n) is 2.77. The van der Waals surface area contributed by atoms with E-state index in [9.17, 15) is 9.59 Å². The lowest BCUT2D eigenvalue weighted by Gasteiger charge is -2.19. The zero-order valence-corrected chi connectivity index (χ0v) is 11.4. The molecule has 0 atom stereocenters. The highest BCUT2D eigenvalue weighted by molar-refractivity contribution is 9.10. The maximum absolute atomic E-state index is 12.3. The van der Waals surface area contributed by atoms with Gasteiger partial charge in [0.2, 0.25) is 5.91 Å². The Bertz CT molecular complexity index is 470. The van der Waals surface area contributed by atoms with E-state index in [1.54, 1.807) is 23.1 Å². The van der Waals surface area contributed by atoms with Gasteiger partial charge in [-0.25, -0.2) is 0 Å². The summed E-state index contributed by atoms with van der Waals surface area (Å²) in [4.78, 5) is 25.2. The predicted octanol–water partition coefficient (Wildman–Crippen LogP) is 0.993. The van der Waals surface area contributed by atoms with Gasteiger partial charge in [-0.05, 0) is 18.2 Å². The number of anilines is 1. The molecular weight excluding hydrogens is 298 g/mol. The number of nitrogens with one attached hydrogen (secondary N) is 1. The molecular formula is C12H14BrN3O2. The van der Waals surface area contributed by atoms with Crippen LogP contribution in [0.1, 0.15) is 16.8 Å². The van der Waals surface area contributed by atoms with Crippen molar-refractivity contribution in [2.24, 2.45) is 0 Å². The number of amides is 2. The van der Waals surface area contributed by atoms with Crippen LogP contribution < -0.4 is 11.1 Å². The number of halogens is 1. The Morgan fingerprint density at radius 1 is 1.33 bits per heavy atom. The standard InChI is InChI=1S/C12H14BrN3O2/c13-9-5-8(6-10(14)7-9)12(18)16-3-1-11(17)15-2-4-16/h5-7H,1-4,14H2,(H,15,17). The molecule has 1 fully saturated rings. The van der Waals surface area contributed by atoms with Crippen LogP contribution in [0.4, 0.5) is 5.69 Å². The number of hydrogen-bond acceptors (Lipinski definition) is 3. The topological polar surface area (TPSA) is 75.4 Å². The normalized spacial score (nSPS) is 16.1. The van der Waals surface area contributed by atoms with Gasteiger partial charge in [-0.2, -0.15) is 0 Å². The second kappa shape index (κ2) is 5.39. The fourth-order valence-electron chi connectivity index (χ4n) is 1.89. The maximum Gasteiger partial charge on any atom is 0.254 e. The quantitative estimate of drug-likeness (QED) is 0.760. The summed E-state index contributed by atoms with van der Waals surface area (Å²) in [6, 6.07) is 5.12. The van der Waals surface area contributed by atoms with Gasteiger partial charge in [-0.15, -0.1) is 0 Å². The molecule has 0 spiro atoms. The number of benzene rings is 1. The Morgan fingerprint density at radius 3 is 2.83 bits per heavy atom. The minimum Gasteiger partial charge on any atom is -0.399 e. The lowest BCUT2D eigenvalue weighted by atomic mass is 10.1. The number of carbonyl (C=O) groups excluding carboxylic acids is 2. The molecule has 96 valence electrons. The predicted molar refractivity (Wildman–Crippen MR) is 72.1 cm³/mol. The summed E-state index contributed by atoms with van der Waals surface area (Å²) in [5, 5.41) is 2.74. The first-order valence-electron chi connectivity index (χ1n) is 5.68. The second-order valence-corrected chi connectivity index (χ2v) is 5.08. The molecule has 1 aromatic carbocycles. The van der Waals surface area contributed by atoms with Crippen LogP contribution >= 0.6 is 15.9 Å². The van der Waals surface area contributed by atoms with Crippen LogP contribution in [0.5, 0.6) is 0 Å². The number of rotatable bonds is 1. The first kappa shape index (κ1) is 12.9. The van der Waals surface area contributed by atoms with E-state index in [0.717, 1.165) is 4.47 Å². The fourth-order valence-corrected chi connectivity index (χ4v) is 2.40. The molecule has 0 aliphatic carbocycles. The highest BCUT2D eigenvalue weighted by Crippen LogP contribution is 2.19. The van der Waals surface area contributed by atoms with Gasteiger partial charge in [0, 0.05) is 41.8 Å². The first-order valence-corrected chi connectivity index (χ1v) is 6.47. The molecule has 1 saturated heterocycles. The van der Waals surface area contributed by atoms with E-state index in [2.05, 4.69) is 21.2 Å². The van der Waals surface area contributed by atoms with Gasteiger partial charge in [0.05, 0.1) is 0 Å². The maximum atomic E-state index is 12.3. The highest BCUT2D eigenvalue weighted by atomic mass is 79.9. The molecule has 1 aliphatic heterocycles. The third-order valence-corrected chi connectivity index (χ3v) is 3.22. The highest BCUT2D eigenvalue weighted by Gasteiger charge is 2.20. The van der Waals surface area contributed by atoms with Crippen LogP contribution in [0.3, 0.4) is 0 Å². The molecule has 2 rings (SSSR count). The van der Waals surface area contributed by atoms with Gasteiger partial charge in [0.15, 0.2) is 0 Å². The van der Waals surface area contributed by atoms with E-state index in [0.29, 0.717) is 37.3 Å². The van der Waals surface area contributed by atoms with Crippen LogP contribution in [0.15, 0.2) is 22.7 Å².